The molecule has 1 N–H and O–H groups in total. The van der Waals surface area contributed by atoms with E-state index in [9.17, 15) is 0 Å². The SMILES string of the molecule is Cc1cccc(-n2c(=S)[nH]c3cc(Br)cnc32)c1C. The lowest BCUT2D eigenvalue weighted by molar-refractivity contribution is 1.02. The Labute approximate surface area is 124 Å². The van der Waals surface area contributed by atoms with Crippen molar-refractivity contribution in [3.05, 3.63) is 50.8 Å². The molecule has 0 spiro atoms. The van der Waals surface area contributed by atoms with Gasteiger partial charge < -0.3 is 4.98 Å². The second kappa shape index (κ2) is 4.58. The normalized spacial score (nSPS) is 11.1. The van der Waals surface area contributed by atoms with Crippen LogP contribution in [0.4, 0.5) is 0 Å². The monoisotopic (exact) mass is 333 g/mol. The minimum absolute atomic E-state index is 0.661. The lowest BCUT2D eigenvalue weighted by Gasteiger charge is -2.09. The molecule has 2 heterocycles. The van der Waals surface area contributed by atoms with Gasteiger partial charge in [-0.25, -0.2) is 4.98 Å². The van der Waals surface area contributed by atoms with Gasteiger partial charge in [-0.15, -0.1) is 0 Å². The smallest absolute Gasteiger partial charge is 0.184 e. The molecule has 3 rings (SSSR count). The zero-order valence-corrected chi connectivity index (χ0v) is 13.0. The van der Waals surface area contributed by atoms with Crippen molar-refractivity contribution in [1.29, 1.82) is 0 Å². The first-order chi connectivity index (χ1) is 9.08. The van der Waals surface area contributed by atoms with Crippen LogP contribution >= 0.6 is 28.1 Å². The van der Waals surface area contributed by atoms with Crippen molar-refractivity contribution in [3.63, 3.8) is 0 Å². The highest BCUT2D eigenvalue weighted by Crippen LogP contribution is 2.24. The Kier molecular flexibility index (Phi) is 3.03. The minimum atomic E-state index is 0.661. The summed E-state index contributed by atoms with van der Waals surface area (Å²) in [5, 5.41) is 0. The molecule has 19 heavy (non-hydrogen) atoms. The quantitative estimate of drug-likeness (QED) is 0.667. The van der Waals surface area contributed by atoms with Gasteiger partial charge in [-0.05, 0) is 65.3 Å². The van der Waals surface area contributed by atoms with E-state index in [1.165, 1.54) is 11.1 Å². The summed E-state index contributed by atoms with van der Waals surface area (Å²) in [6.45, 7) is 4.20. The van der Waals surface area contributed by atoms with Gasteiger partial charge in [-0.3, -0.25) is 4.57 Å². The maximum Gasteiger partial charge on any atom is 0.184 e. The van der Waals surface area contributed by atoms with Gasteiger partial charge in [0.1, 0.15) is 0 Å². The number of nitrogens with zero attached hydrogens (tertiary/aromatic N) is 2. The zero-order chi connectivity index (χ0) is 13.6. The van der Waals surface area contributed by atoms with Crippen LogP contribution in [0, 0.1) is 18.6 Å². The number of imidazole rings is 1. The summed E-state index contributed by atoms with van der Waals surface area (Å²) in [6, 6.07) is 8.19. The second-order valence-electron chi connectivity index (χ2n) is 4.51. The predicted octanol–water partition coefficient (Wildman–Crippen LogP) is 4.46. The maximum absolute atomic E-state index is 5.43. The molecule has 3 aromatic rings. The first-order valence-electron chi connectivity index (χ1n) is 5.91. The van der Waals surface area contributed by atoms with Gasteiger partial charge in [-0.2, -0.15) is 0 Å². The van der Waals surface area contributed by atoms with Gasteiger partial charge in [0.05, 0.1) is 11.2 Å². The number of aromatic nitrogens is 3. The summed E-state index contributed by atoms with van der Waals surface area (Å²) >= 11 is 8.86. The fourth-order valence-electron chi connectivity index (χ4n) is 2.17. The Morgan fingerprint density at radius 3 is 2.89 bits per heavy atom. The van der Waals surface area contributed by atoms with E-state index in [1.807, 2.05) is 16.7 Å². The largest absolute Gasteiger partial charge is 0.329 e. The first-order valence-corrected chi connectivity index (χ1v) is 7.11. The van der Waals surface area contributed by atoms with E-state index in [1.54, 1.807) is 6.20 Å². The Morgan fingerprint density at radius 2 is 2.11 bits per heavy atom. The van der Waals surface area contributed by atoms with Crippen LogP contribution in [0.3, 0.4) is 0 Å². The molecule has 3 nitrogen and oxygen atoms in total. The van der Waals surface area contributed by atoms with Crippen molar-refractivity contribution in [2.75, 3.05) is 0 Å². The third-order valence-electron chi connectivity index (χ3n) is 3.31. The van der Waals surface area contributed by atoms with Gasteiger partial charge >= 0.3 is 0 Å². The van der Waals surface area contributed by atoms with Gasteiger partial charge in [0, 0.05) is 10.7 Å². The van der Waals surface area contributed by atoms with E-state index in [2.05, 4.69) is 51.9 Å². The van der Waals surface area contributed by atoms with E-state index < -0.39 is 0 Å². The second-order valence-corrected chi connectivity index (χ2v) is 5.81. The van der Waals surface area contributed by atoms with E-state index in [0.29, 0.717) is 4.77 Å². The lowest BCUT2D eigenvalue weighted by atomic mass is 10.1. The van der Waals surface area contributed by atoms with Crippen LogP contribution in [0.1, 0.15) is 11.1 Å². The predicted molar refractivity (Wildman–Crippen MR) is 83.4 cm³/mol. The molecule has 0 atom stereocenters. The van der Waals surface area contributed by atoms with Crippen LogP contribution in [0.15, 0.2) is 34.9 Å². The molecule has 1 aromatic carbocycles. The van der Waals surface area contributed by atoms with Gasteiger partial charge in [0.2, 0.25) is 0 Å². The molecule has 0 aliphatic rings. The number of nitrogens with one attached hydrogen (secondary N) is 1. The summed E-state index contributed by atoms with van der Waals surface area (Å²) in [5.41, 5.74) is 5.31. The Hall–Kier alpha value is -1.46. The molecule has 0 aliphatic heterocycles. The molecule has 0 radical (unpaired) electrons. The highest BCUT2D eigenvalue weighted by atomic mass is 79.9. The number of pyridine rings is 1. The van der Waals surface area contributed by atoms with Crippen molar-refractivity contribution >= 4 is 39.3 Å². The highest BCUT2D eigenvalue weighted by Gasteiger charge is 2.10. The number of halogens is 1. The average Bonchev–Trinajstić information content (AvgIpc) is 2.68. The van der Waals surface area contributed by atoms with E-state index >= 15 is 0 Å². The number of fused-ring (bicyclic) bond motifs is 1. The molecular weight excluding hydrogens is 322 g/mol. The number of aryl methyl sites for hydroxylation is 1. The Morgan fingerprint density at radius 1 is 1.32 bits per heavy atom. The van der Waals surface area contributed by atoms with Crippen LogP contribution in [-0.2, 0) is 0 Å². The summed E-state index contributed by atoms with van der Waals surface area (Å²) in [6.07, 6.45) is 1.78. The molecule has 0 saturated heterocycles. The summed E-state index contributed by atoms with van der Waals surface area (Å²) in [5.74, 6) is 0. The molecule has 0 fully saturated rings. The first kappa shape index (κ1) is 12.6. The van der Waals surface area contributed by atoms with E-state index in [-0.39, 0.29) is 0 Å². The lowest BCUT2D eigenvalue weighted by Crippen LogP contribution is -1.99. The van der Waals surface area contributed by atoms with Crippen LogP contribution in [0.25, 0.3) is 16.9 Å². The Balaban J connectivity index is 2.40. The number of H-pyrrole nitrogens is 1. The topological polar surface area (TPSA) is 33.6 Å². The van der Waals surface area contributed by atoms with Gasteiger partial charge in [-0.1, -0.05) is 12.1 Å². The number of benzene rings is 1. The van der Waals surface area contributed by atoms with Crippen LogP contribution < -0.4 is 0 Å². The average molecular weight is 334 g/mol. The molecule has 2 aromatic heterocycles. The molecule has 0 bridgehead atoms. The third kappa shape index (κ3) is 2.03. The third-order valence-corrected chi connectivity index (χ3v) is 4.03. The molecule has 0 aliphatic carbocycles. The zero-order valence-electron chi connectivity index (χ0n) is 10.6. The minimum Gasteiger partial charge on any atom is -0.329 e. The van der Waals surface area contributed by atoms with E-state index in [4.69, 9.17) is 12.2 Å². The highest BCUT2D eigenvalue weighted by molar-refractivity contribution is 9.10. The van der Waals surface area contributed by atoms with Crippen molar-refractivity contribution < 1.29 is 0 Å². The van der Waals surface area contributed by atoms with Gasteiger partial charge in [0.25, 0.3) is 0 Å². The van der Waals surface area contributed by atoms with Crippen LogP contribution in [-0.4, -0.2) is 14.5 Å². The maximum atomic E-state index is 5.43. The molecule has 0 amide bonds. The van der Waals surface area contributed by atoms with Gasteiger partial charge in [0.15, 0.2) is 10.4 Å². The van der Waals surface area contributed by atoms with Crippen molar-refractivity contribution in [2.24, 2.45) is 0 Å². The molecule has 0 unspecified atom stereocenters. The summed E-state index contributed by atoms with van der Waals surface area (Å²) < 4.78 is 3.58. The number of hydrogen-bond donors (Lipinski definition) is 1. The van der Waals surface area contributed by atoms with Crippen molar-refractivity contribution in [3.8, 4) is 5.69 Å². The van der Waals surface area contributed by atoms with Crippen molar-refractivity contribution in [2.45, 2.75) is 13.8 Å². The number of rotatable bonds is 1. The summed E-state index contributed by atoms with van der Waals surface area (Å²) in [7, 11) is 0. The molecule has 0 saturated carbocycles. The molecule has 96 valence electrons. The van der Waals surface area contributed by atoms with Crippen LogP contribution in [0.5, 0.6) is 0 Å². The molecule has 5 heteroatoms. The number of aromatic amines is 1. The molecular formula is C14H12BrN3S. The Bertz CT molecular complexity index is 832. The van der Waals surface area contributed by atoms with Crippen molar-refractivity contribution in [1.82, 2.24) is 14.5 Å². The van der Waals surface area contributed by atoms with E-state index in [0.717, 1.165) is 21.3 Å². The van der Waals surface area contributed by atoms with Crippen LogP contribution in [0.2, 0.25) is 0 Å². The fourth-order valence-corrected chi connectivity index (χ4v) is 2.80. The number of hydrogen-bond acceptors (Lipinski definition) is 2. The summed E-state index contributed by atoms with van der Waals surface area (Å²) in [4.78, 5) is 7.67. The fraction of sp³-hybridized carbons (Fsp3) is 0.143. The standard InChI is InChI=1S/C14H12BrN3S/c1-8-4-3-5-12(9(8)2)18-13-11(17-14(18)19)6-10(15)7-16-13/h3-7H,1-2H3,(H,17,19).